The molecule has 3 rings (SSSR count). The molecule has 102 valence electrons. The Morgan fingerprint density at radius 1 is 1.25 bits per heavy atom. The van der Waals surface area contributed by atoms with Crippen LogP contribution < -0.4 is 5.73 Å². The zero-order valence-electron chi connectivity index (χ0n) is 11.4. The van der Waals surface area contributed by atoms with Crippen LogP contribution in [0.2, 0.25) is 0 Å². The summed E-state index contributed by atoms with van der Waals surface area (Å²) in [6.07, 6.45) is 5.16. The SMILES string of the molecule is CC1(c2cnccn2)CN=C(N)N1Cc1ccccc1. The van der Waals surface area contributed by atoms with Crippen LogP contribution in [-0.2, 0) is 12.1 Å². The molecule has 0 bridgehead atoms. The molecule has 20 heavy (non-hydrogen) atoms. The van der Waals surface area contributed by atoms with Gasteiger partial charge in [0.15, 0.2) is 5.96 Å². The van der Waals surface area contributed by atoms with E-state index in [1.807, 2.05) is 18.2 Å². The van der Waals surface area contributed by atoms with Crippen molar-refractivity contribution in [3.8, 4) is 0 Å². The van der Waals surface area contributed by atoms with Crippen LogP contribution in [0, 0.1) is 0 Å². The average molecular weight is 267 g/mol. The Morgan fingerprint density at radius 2 is 2.05 bits per heavy atom. The second kappa shape index (κ2) is 4.92. The number of nitrogens with zero attached hydrogens (tertiary/aromatic N) is 4. The van der Waals surface area contributed by atoms with Gasteiger partial charge in [-0.15, -0.1) is 0 Å². The smallest absolute Gasteiger partial charge is 0.192 e. The lowest BCUT2D eigenvalue weighted by Gasteiger charge is -2.35. The Balaban J connectivity index is 1.92. The first-order valence-corrected chi connectivity index (χ1v) is 6.58. The van der Waals surface area contributed by atoms with E-state index < -0.39 is 0 Å². The summed E-state index contributed by atoms with van der Waals surface area (Å²) in [5.41, 5.74) is 7.81. The number of benzene rings is 1. The lowest BCUT2D eigenvalue weighted by atomic mass is 9.96. The second-order valence-electron chi connectivity index (χ2n) is 5.11. The first kappa shape index (κ1) is 12.6. The van der Waals surface area contributed by atoms with Crippen molar-refractivity contribution in [1.82, 2.24) is 14.9 Å². The monoisotopic (exact) mass is 267 g/mol. The van der Waals surface area contributed by atoms with E-state index in [1.54, 1.807) is 18.6 Å². The maximum Gasteiger partial charge on any atom is 0.192 e. The molecule has 0 amide bonds. The van der Waals surface area contributed by atoms with Gasteiger partial charge in [0.05, 0.1) is 18.4 Å². The number of nitrogens with two attached hydrogens (primary N) is 1. The number of rotatable bonds is 3. The van der Waals surface area contributed by atoms with E-state index >= 15 is 0 Å². The Labute approximate surface area is 118 Å². The van der Waals surface area contributed by atoms with Gasteiger partial charge in [0.2, 0.25) is 0 Å². The molecule has 2 aromatic rings. The number of aromatic nitrogens is 2. The lowest BCUT2D eigenvalue weighted by molar-refractivity contribution is 0.211. The predicted octanol–water partition coefficient (Wildman–Crippen LogP) is 1.52. The minimum absolute atomic E-state index is 0.339. The van der Waals surface area contributed by atoms with Crippen molar-refractivity contribution in [2.45, 2.75) is 19.0 Å². The third-order valence-corrected chi connectivity index (χ3v) is 3.72. The molecule has 0 fully saturated rings. The standard InChI is InChI=1S/C15H17N5/c1-15(13-9-17-7-8-18-13)11-19-14(16)20(15)10-12-5-3-2-4-6-12/h2-9H,10-11H2,1H3,(H2,16,19). The fourth-order valence-corrected chi connectivity index (χ4v) is 2.48. The number of hydrogen-bond acceptors (Lipinski definition) is 5. The molecule has 0 saturated carbocycles. The van der Waals surface area contributed by atoms with Crippen molar-refractivity contribution in [1.29, 1.82) is 0 Å². The molecule has 0 spiro atoms. The van der Waals surface area contributed by atoms with Crippen LogP contribution in [0.15, 0.2) is 53.9 Å². The van der Waals surface area contributed by atoms with Crippen LogP contribution in [0.1, 0.15) is 18.2 Å². The van der Waals surface area contributed by atoms with Gasteiger partial charge in [0.1, 0.15) is 5.54 Å². The third-order valence-electron chi connectivity index (χ3n) is 3.72. The van der Waals surface area contributed by atoms with Gasteiger partial charge in [-0.2, -0.15) is 0 Å². The molecular weight excluding hydrogens is 250 g/mol. The van der Waals surface area contributed by atoms with Gasteiger partial charge in [-0.3, -0.25) is 15.0 Å². The second-order valence-corrected chi connectivity index (χ2v) is 5.11. The highest BCUT2D eigenvalue weighted by Gasteiger charge is 2.40. The van der Waals surface area contributed by atoms with E-state index in [9.17, 15) is 0 Å². The molecule has 0 radical (unpaired) electrons. The fourth-order valence-electron chi connectivity index (χ4n) is 2.48. The lowest BCUT2D eigenvalue weighted by Crippen LogP contribution is -2.47. The van der Waals surface area contributed by atoms with Crippen molar-refractivity contribution in [3.63, 3.8) is 0 Å². The summed E-state index contributed by atoms with van der Waals surface area (Å²) in [6.45, 7) is 3.41. The molecular formula is C15H17N5. The van der Waals surface area contributed by atoms with Gasteiger partial charge in [-0.25, -0.2) is 0 Å². The molecule has 5 nitrogen and oxygen atoms in total. The minimum atomic E-state index is -0.339. The molecule has 2 heterocycles. The Bertz CT molecular complexity index is 611. The maximum atomic E-state index is 6.07. The minimum Gasteiger partial charge on any atom is -0.370 e. The molecule has 1 aliphatic heterocycles. The topological polar surface area (TPSA) is 67.4 Å². The van der Waals surface area contributed by atoms with Gasteiger partial charge in [0.25, 0.3) is 0 Å². The maximum absolute atomic E-state index is 6.07. The van der Waals surface area contributed by atoms with Gasteiger partial charge >= 0.3 is 0 Å². The molecule has 1 aliphatic rings. The van der Waals surface area contributed by atoms with Crippen LogP contribution in [0.5, 0.6) is 0 Å². The van der Waals surface area contributed by atoms with Crippen LogP contribution in [0.3, 0.4) is 0 Å². The summed E-state index contributed by atoms with van der Waals surface area (Å²) >= 11 is 0. The summed E-state index contributed by atoms with van der Waals surface area (Å²) in [7, 11) is 0. The van der Waals surface area contributed by atoms with Crippen molar-refractivity contribution in [2.75, 3.05) is 6.54 Å². The van der Waals surface area contributed by atoms with E-state index in [2.05, 4.69) is 38.9 Å². The van der Waals surface area contributed by atoms with Crippen molar-refractivity contribution < 1.29 is 0 Å². The van der Waals surface area contributed by atoms with Gasteiger partial charge in [0, 0.05) is 18.9 Å². The molecule has 0 saturated heterocycles. The summed E-state index contributed by atoms with van der Waals surface area (Å²) in [5.74, 6) is 0.557. The molecule has 1 atom stereocenters. The molecule has 5 heteroatoms. The molecule has 0 aliphatic carbocycles. The summed E-state index contributed by atoms with van der Waals surface area (Å²) in [6, 6.07) is 10.2. The highest BCUT2D eigenvalue weighted by Crippen LogP contribution is 2.32. The number of hydrogen-bond donors (Lipinski definition) is 1. The first-order valence-electron chi connectivity index (χ1n) is 6.58. The molecule has 1 aromatic carbocycles. The van der Waals surface area contributed by atoms with E-state index in [1.165, 1.54) is 5.56 Å². The quantitative estimate of drug-likeness (QED) is 0.915. The number of guanidine groups is 1. The Morgan fingerprint density at radius 3 is 2.75 bits per heavy atom. The molecule has 1 aromatic heterocycles. The van der Waals surface area contributed by atoms with Crippen LogP contribution in [0.4, 0.5) is 0 Å². The fraction of sp³-hybridized carbons (Fsp3) is 0.267. The van der Waals surface area contributed by atoms with Crippen LogP contribution >= 0.6 is 0 Å². The third kappa shape index (κ3) is 2.11. The molecule has 1 unspecified atom stereocenters. The Hall–Kier alpha value is -2.43. The van der Waals surface area contributed by atoms with E-state index in [-0.39, 0.29) is 5.54 Å². The van der Waals surface area contributed by atoms with Gasteiger partial charge in [-0.1, -0.05) is 30.3 Å². The highest BCUT2D eigenvalue weighted by atomic mass is 15.4. The zero-order valence-corrected chi connectivity index (χ0v) is 11.4. The summed E-state index contributed by atoms with van der Waals surface area (Å²) in [5, 5.41) is 0. The summed E-state index contributed by atoms with van der Waals surface area (Å²) < 4.78 is 0. The van der Waals surface area contributed by atoms with Crippen LogP contribution in [-0.4, -0.2) is 27.4 Å². The predicted molar refractivity (Wildman–Crippen MR) is 77.9 cm³/mol. The largest absolute Gasteiger partial charge is 0.370 e. The van der Waals surface area contributed by atoms with Crippen molar-refractivity contribution >= 4 is 5.96 Å². The van der Waals surface area contributed by atoms with E-state index in [4.69, 9.17) is 5.73 Å². The van der Waals surface area contributed by atoms with Crippen molar-refractivity contribution in [3.05, 3.63) is 60.2 Å². The normalized spacial score (nSPS) is 21.9. The number of aliphatic imine (C=N–C) groups is 1. The zero-order chi connectivity index (χ0) is 14.0. The van der Waals surface area contributed by atoms with E-state index in [0.717, 1.165) is 5.69 Å². The summed E-state index contributed by atoms with van der Waals surface area (Å²) in [4.78, 5) is 15.1. The first-order chi connectivity index (χ1) is 9.70. The van der Waals surface area contributed by atoms with Gasteiger partial charge in [-0.05, 0) is 12.5 Å². The van der Waals surface area contributed by atoms with Crippen molar-refractivity contribution in [2.24, 2.45) is 10.7 Å². The average Bonchev–Trinajstić information content (AvgIpc) is 2.79. The highest BCUT2D eigenvalue weighted by molar-refractivity contribution is 5.81. The van der Waals surface area contributed by atoms with Crippen LogP contribution in [0.25, 0.3) is 0 Å². The van der Waals surface area contributed by atoms with Gasteiger partial charge < -0.3 is 10.6 Å². The van der Waals surface area contributed by atoms with E-state index in [0.29, 0.717) is 19.0 Å². The molecule has 2 N–H and O–H groups in total. The Kier molecular flexibility index (Phi) is 3.10.